The first-order valence-electron chi connectivity index (χ1n) is 6.74. The topological polar surface area (TPSA) is 72.0 Å². The molecule has 5 nitrogen and oxygen atoms in total. The predicted molar refractivity (Wildman–Crippen MR) is 76.0 cm³/mol. The maximum atomic E-state index is 11.9. The third-order valence-corrected chi connectivity index (χ3v) is 3.22. The fraction of sp³-hybridized carbons (Fsp3) is 0.467. The molecule has 20 heavy (non-hydrogen) atoms. The molecule has 3 N–H and O–H groups in total. The number of nitrogens with one attached hydrogen (secondary N) is 1. The van der Waals surface area contributed by atoms with E-state index >= 15 is 0 Å². The van der Waals surface area contributed by atoms with Gasteiger partial charge in [-0.1, -0.05) is 44.2 Å². The highest BCUT2D eigenvalue weighted by atomic mass is 16.5. The minimum Gasteiger partial charge on any atom is -0.453 e. The van der Waals surface area contributed by atoms with Gasteiger partial charge >= 0.3 is 6.09 Å². The Hall–Kier alpha value is -1.88. The zero-order chi connectivity index (χ0) is 15.1. The maximum absolute atomic E-state index is 11.9. The molecule has 1 aromatic rings. The van der Waals surface area contributed by atoms with Crippen LogP contribution in [0.3, 0.4) is 0 Å². The molecule has 2 atom stereocenters. The van der Waals surface area contributed by atoms with Crippen LogP contribution >= 0.6 is 0 Å². The molecule has 0 saturated carbocycles. The molecule has 0 bridgehead atoms. The largest absolute Gasteiger partial charge is 0.453 e. The summed E-state index contributed by atoms with van der Waals surface area (Å²) in [5.74, 6) is 0.0178. The Morgan fingerprint density at radius 1 is 1.15 bits per heavy atom. The van der Waals surface area contributed by atoms with Crippen molar-refractivity contribution in [3.05, 3.63) is 35.9 Å². The minimum absolute atomic E-state index is 0.162. The number of carbonyl (C=O) groups excluding carboxylic acids is 2. The van der Waals surface area contributed by atoms with Crippen LogP contribution in [0.5, 0.6) is 0 Å². The quantitative estimate of drug-likeness (QED) is 0.851. The third kappa shape index (κ3) is 4.66. The molecule has 110 valence electrons. The monoisotopic (exact) mass is 279 g/mol. The van der Waals surface area contributed by atoms with Gasteiger partial charge in [-0.25, -0.2) is 4.79 Å². The van der Waals surface area contributed by atoms with E-state index in [9.17, 15) is 9.59 Å². The van der Waals surface area contributed by atoms with Gasteiger partial charge in [-0.05, 0) is 6.92 Å². The summed E-state index contributed by atoms with van der Waals surface area (Å²) in [5.41, 5.74) is 1.17. The molecule has 1 rings (SSSR count). The van der Waals surface area contributed by atoms with E-state index in [1.165, 1.54) is 12.7 Å². The zero-order valence-corrected chi connectivity index (χ0v) is 12.4. The molecule has 0 aliphatic heterocycles. The summed E-state index contributed by atoms with van der Waals surface area (Å²) < 4.78 is 4.42. The number of alkyl carbamates (subject to hydrolysis) is 1. The van der Waals surface area contributed by atoms with Crippen LogP contribution in [0.15, 0.2) is 30.3 Å². The van der Waals surface area contributed by atoms with Crippen LogP contribution in [-0.4, -0.2) is 25.2 Å². The van der Waals surface area contributed by atoms with Gasteiger partial charge in [-0.2, -0.15) is 0 Å². The second-order valence-corrected chi connectivity index (χ2v) is 5.14. The number of imide groups is 1. The average Bonchev–Trinajstić information content (AvgIpc) is 2.44. The summed E-state index contributed by atoms with van der Waals surface area (Å²) in [6, 6.07) is 9.82. The van der Waals surface area contributed by atoms with E-state index in [4.69, 9.17) is 0 Å². The number of carbonyl (C=O) groups is 2. The highest BCUT2D eigenvalue weighted by Gasteiger charge is 2.26. The molecular weight excluding hydrogens is 256 g/mol. The van der Waals surface area contributed by atoms with E-state index in [0.717, 1.165) is 0 Å². The van der Waals surface area contributed by atoms with E-state index in [1.54, 1.807) is 6.92 Å². The number of ether oxygens (including phenoxy) is 1. The van der Waals surface area contributed by atoms with E-state index in [0.29, 0.717) is 5.92 Å². The third-order valence-electron chi connectivity index (χ3n) is 3.22. The van der Waals surface area contributed by atoms with Crippen LogP contribution in [0.4, 0.5) is 4.79 Å². The van der Waals surface area contributed by atoms with Crippen LogP contribution in [0, 0.1) is 5.92 Å². The van der Waals surface area contributed by atoms with Crippen molar-refractivity contribution in [2.45, 2.75) is 32.9 Å². The Balaban J connectivity index is 2.71. The Kier molecular flexibility index (Phi) is 6.18. The molecule has 0 saturated heterocycles. The first-order chi connectivity index (χ1) is 9.45. The minimum atomic E-state index is -0.726. The van der Waals surface area contributed by atoms with Crippen molar-refractivity contribution < 1.29 is 19.6 Å². The van der Waals surface area contributed by atoms with Gasteiger partial charge < -0.3 is 10.1 Å². The van der Waals surface area contributed by atoms with E-state index in [-0.39, 0.29) is 18.0 Å². The lowest BCUT2D eigenvalue weighted by atomic mass is 9.95. The molecule has 0 unspecified atom stereocenters. The van der Waals surface area contributed by atoms with Gasteiger partial charge in [0.25, 0.3) is 5.91 Å². The number of benzene rings is 1. The van der Waals surface area contributed by atoms with Crippen LogP contribution in [0.2, 0.25) is 0 Å². The SMILES string of the molecule is COC(=O)NC(=O)[C@H](C)[NH2+][C@H](c1ccccc1)C(C)C. The molecule has 2 amide bonds. The Labute approximate surface area is 119 Å². The summed E-state index contributed by atoms with van der Waals surface area (Å²) in [4.78, 5) is 22.9. The average molecular weight is 279 g/mol. The first kappa shape index (κ1) is 16.2. The van der Waals surface area contributed by atoms with Gasteiger partial charge in [0, 0.05) is 11.5 Å². The fourth-order valence-corrected chi connectivity index (χ4v) is 2.06. The van der Waals surface area contributed by atoms with Crippen LogP contribution < -0.4 is 10.6 Å². The van der Waals surface area contributed by atoms with Gasteiger partial charge in [0.15, 0.2) is 6.04 Å². The van der Waals surface area contributed by atoms with Gasteiger partial charge in [0.05, 0.1) is 7.11 Å². The number of hydrogen-bond donors (Lipinski definition) is 2. The molecular formula is C15H23N2O3+. The molecule has 0 heterocycles. The second-order valence-electron chi connectivity index (χ2n) is 5.14. The van der Waals surface area contributed by atoms with Gasteiger partial charge in [-0.3, -0.25) is 10.1 Å². The lowest BCUT2D eigenvalue weighted by molar-refractivity contribution is -0.719. The van der Waals surface area contributed by atoms with Crippen molar-refractivity contribution in [2.75, 3.05) is 7.11 Å². The van der Waals surface area contributed by atoms with Crippen LogP contribution in [-0.2, 0) is 9.53 Å². The molecule has 0 aliphatic rings. The number of quaternary nitrogens is 1. The lowest BCUT2D eigenvalue weighted by Crippen LogP contribution is -2.93. The summed E-state index contributed by atoms with van der Waals surface area (Å²) in [7, 11) is 1.23. The predicted octanol–water partition coefficient (Wildman–Crippen LogP) is 1.22. The number of nitrogens with two attached hydrogens (primary N) is 1. The standard InChI is InChI=1S/C15H22N2O3/c1-10(2)13(12-8-6-5-7-9-12)16-11(3)14(18)17-15(19)20-4/h5-11,13,16H,1-4H3,(H,17,18,19)/p+1/t11-,13-/m0/s1. The maximum Gasteiger partial charge on any atom is 0.413 e. The lowest BCUT2D eigenvalue weighted by Gasteiger charge is -2.22. The highest BCUT2D eigenvalue weighted by Crippen LogP contribution is 2.17. The number of rotatable bonds is 5. The summed E-state index contributed by atoms with van der Waals surface area (Å²) in [6.07, 6.45) is -0.726. The Bertz CT molecular complexity index is 446. The normalized spacial score (nSPS) is 13.7. The molecule has 0 spiro atoms. The number of amides is 2. The van der Waals surface area contributed by atoms with Crippen molar-refractivity contribution in [1.29, 1.82) is 0 Å². The summed E-state index contributed by atoms with van der Waals surface area (Å²) >= 11 is 0. The van der Waals surface area contributed by atoms with Crippen LogP contribution in [0.1, 0.15) is 32.4 Å². The van der Waals surface area contributed by atoms with Crippen molar-refractivity contribution in [3.8, 4) is 0 Å². The Morgan fingerprint density at radius 2 is 1.75 bits per heavy atom. The van der Waals surface area contributed by atoms with Crippen molar-refractivity contribution in [1.82, 2.24) is 5.32 Å². The van der Waals surface area contributed by atoms with Crippen molar-refractivity contribution in [3.63, 3.8) is 0 Å². The smallest absolute Gasteiger partial charge is 0.413 e. The van der Waals surface area contributed by atoms with Gasteiger partial charge in [-0.15, -0.1) is 0 Å². The van der Waals surface area contributed by atoms with Crippen molar-refractivity contribution in [2.24, 2.45) is 5.92 Å². The van der Waals surface area contributed by atoms with Gasteiger partial charge in [0.2, 0.25) is 0 Å². The van der Waals surface area contributed by atoms with Crippen LogP contribution in [0.25, 0.3) is 0 Å². The molecule has 0 fully saturated rings. The first-order valence-corrected chi connectivity index (χ1v) is 6.74. The molecule has 5 heteroatoms. The molecule has 1 aromatic carbocycles. The molecule has 0 radical (unpaired) electrons. The van der Waals surface area contributed by atoms with E-state index in [1.807, 2.05) is 35.6 Å². The second kappa shape index (κ2) is 7.65. The zero-order valence-electron chi connectivity index (χ0n) is 12.4. The number of methoxy groups -OCH3 is 1. The van der Waals surface area contributed by atoms with Crippen molar-refractivity contribution >= 4 is 12.0 Å². The summed E-state index contributed by atoms with van der Waals surface area (Å²) in [6.45, 7) is 5.99. The van der Waals surface area contributed by atoms with E-state index in [2.05, 4.69) is 23.9 Å². The molecule has 0 aliphatic carbocycles. The molecule has 0 aromatic heterocycles. The highest BCUT2D eigenvalue weighted by molar-refractivity contribution is 5.93. The Morgan fingerprint density at radius 3 is 2.25 bits per heavy atom. The van der Waals surface area contributed by atoms with Gasteiger partial charge in [0.1, 0.15) is 6.04 Å². The van der Waals surface area contributed by atoms with E-state index < -0.39 is 6.09 Å². The fourth-order valence-electron chi connectivity index (χ4n) is 2.06. The number of hydrogen-bond acceptors (Lipinski definition) is 3. The summed E-state index contributed by atoms with van der Waals surface area (Å²) in [5, 5.41) is 4.16.